The number of rotatable bonds is 5. The molecule has 0 amide bonds. The van der Waals surface area contributed by atoms with Crippen molar-refractivity contribution in [3.63, 3.8) is 0 Å². The van der Waals surface area contributed by atoms with E-state index in [2.05, 4.69) is 6.92 Å². The zero-order chi connectivity index (χ0) is 14.6. The summed E-state index contributed by atoms with van der Waals surface area (Å²) in [5, 5.41) is 11.0. The maximum atomic E-state index is 12.7. The van der Waals surface area contributed by atoms with E-state index in [-0.39, 0.29) is 6.61 Å². The number of nitrogens with zero attached hydrogens (tertiary/aromatic N) is 1. The van der Waals surface area contributed by atoms with Crippen molar-refractivity contribution in [1.29, 1.82) is 0 Å². The summed E-state index contributed by atoms with van der Waals surface area (Å²) < 4.78 is 26.9. The Hall–Kier alpha value is -0.430. The number of hydrogen-bond donors (Lipinski definition) is 1. The molecular formula is C14H23NO3S2. The van der Waals surface area contributed by atoms with Gasteiger partial charge in [0.1, 0.15) is 0 Å². The van der Waals surface area contributed by atoms with E-state index in [0.717, 1.165) is 25.7 Å². The number of aliphatic hydroxyl groups is 1. The van der Waals surface area contributed by atoms with Crippen molar-refractivity contribution in [2.24, 2.45) is 5.92 Å². The van der Waals surface area contributed by atoms with Crippen LogP contribution in [0, 0.1) is 5.92 Å². The SMILES string of the molecule is CCCC1CCCN(S(=O)(=O)c2ccsc2CO)CC1. The van der Waals surface area contributed by atoms with Gasteiger partial charge < -0.3 is 5.11 Å². The summed E-state index contributed by atoms with van der Waals surface area (Å²) in [7, 11) is -3.44. The van der Waals surface area contributed by atoms with E-state index in [1.807, 2.05) is 0 Å². The molecule has 2 heterocycles. The molecule has 0 spiro atoms. The van der Waals surface area contributed by atoms with Crippen molar-refractivity contribution in [2.45, 2.75) is 50.5 Å². The van der Waals surface area contributed by atoms with Gasteiger partial charge in [0, 0.05) is 18.0 Å². The van der Waals surface area contributed by atoms with Crippen molar-refractivity contribution >= 4 is 21.4 Å². The average Bonchev–Trinajstić information content (AvgIpc) is 2.79. The number of thiophene rings is 1. The first-order valence-electron chi connectivity index (χ1n) is 7.27. The van der Waals surface area contributed by atoms with Crippen molar-refractivity contribution in [1.82, 2.24) is 4.31 Å². The number of aliphatic hydroxyl groups excluding tert-OH is 1. The lowest BCUT2D eigenvalue weighted by Gasteiger charge is -2.20. The van der Waals surface area contributed by atoms with E-state index in [1.54, 1.807) is 15.8 Å². The highest BCUT2D eigenvalue weighted by atomic mass is 32.2. The van der Waals surface area contributed by atoms with Gasteiger partial charge in [0.05, 0.1) is 11.5 Å². The maximum absolute atomic E-state index is 12.7. The molecule has 1 aliphatic heterocycles. The second kappa shape index (κ2) is 7.02. The lowest BCUT2D eigenvalue weighted by Crippen LogP contribution is -2.32. The van der Waals surface area contributed by atoms with E-state index in [1.165, 1.54) is 17.8 Å². The van der Waals surface area contributed by atoms with Gasteiger partial charge in [0.15, 0.2) is 0 Å². The van der Waals surface area contributed by atoms with E-state index in [0.29, 0.717) is 28.8 Å². The van der Waals surface area contributed by atoms with Crippen molar-refractivity contribution in [3.8, 4) is 0 Å². The van der Waals surface area contributed by atoms with Crippen LogP contribution in [0.25, 0.3) is 0 Å². The molecule has 0 aromatic carbocycles. The molecule has 1 aromatic rings. The topological polar surface area (TPSA) is 57.6 Å². The van der Waals surface area contributed by atoms with E-state index < -0.39 is 10.0 Å². The molecule has 1 aromatic heterocycles. The van der Waals surface area contributed by atoms with Gasteiger partial charge in [0.25, 0.3) is 0 Å². The van der Waals surface area contributed by atoms with Gasteiger partial charge in [-0.3, -0.25) is 0 Å². The molecule has 0 bridgehead atoms. The van der Waals surface area contributed by atoms with Gasteiger partial charge in [-0.25, -0.2) is 8.42 Å². The molecular weight excluding hydrogens is 294 g/mol. The van der Waals surface area contributed by atoms with Gasteiger partial charge in [-0.15, -0.1) is 11.3 Å². The second-order valence-electron chi connectivity index (χ2n) is 5.36. The van der Waals surface area contributed by atoms with E-state index in [4.69, 9.17) is 0 Å². The Morgan fingerprint density at radius 2 is 2.20 bits per heavy atom. The standard InChI is InChI=1S/C14H23NO3S2/c1-2-4-12-5-3-8-15(9-6-12)20(17,18)14-7-10-19-13(14)11-16/h7,10,12,16H,2-6,8-9,11H2,1H3. The predicted molar refractivity (Wildman–Crippen MR) is 81.2 cm³/mol. The third-order valence-corrected chi connectivity index (χ3v) is 6.99. The maximum Gasteiger partial charge on any atom is 0.244 e. The van der Waals surface area contributed by atoms with Crippen LogP contribution in [0.15, 0.2) is 16.3 Å². The lowest BCUT2D eigenvalue weighted by molar-refractivity contribution is 0.282. The van der Waals surface area contributed by atoms with Gasteiger partial charge in [-0.2, -0.15) is 4.31 Å². The van der Waals surface area contributed by atoms with Crippen LogP contribution in [0.1, 0.15) is 43.9 Å². The summed E-state index contributed by atoms with van der Waals surface area (Å²) in [5.41, 5.74) is 0. The third kappa shape index (κ3) is 3.42. The Morgan fingerprint density at radius 1 is 1.40 bits per heavy atom. The average molecular weight is 317 g/mol. The minimum Gasteiger partial charge on any atom is -0.391 e. The van der Waals surface area contributed by atoms with Crippen LogP contribution in [0.3, 0.4) is 0 Å². The highest BCUT2D eigenvalue weighted by Gasteiger charge is 2.29. The lowest BCUT2D eigenvalue weighted by atomic mass is 9.96. The van der Waals surface area contributed by atoms with Gasteiger partial charge in [-0.05, 0) is 36.6 Å². The monoisotopic (exact) mass is 317 g/mol. The second-order valence-corrected chi connectivity index (χ2v) is 8.26. The molecule has 20 heavy (non-hydrogen) atoms. The first-order chi connectivity index (χ1) is 9.59. The number of hydrogen-bond acceptors (Lipinski definition) is 4. The highest BCUT2D eigenvalue weighted by Crippen LogP contribution is 2.29. The van der Waals surface area contributed by atoms with Crippen LogP contribution in [0.4, 0.5) is 0 Å². The fraction of sp³-hybridized carbons (Fsp3) is 0.714. The summed E-state index contributed by atoms with van der Waals surface area (Å²) in [4.78, 5) is 0.832. The molecule has 0 radical (unpaired) electrons. The minimum absolute atomic E-state index is 0.210. The first-order valence-corrected chi connectivity index (χ1v) is 9.59. The quantitative estimate of drug-likeness (QED) is 0.908. The van der Waals surface area contributed by atoms with Gasteiger partial charge in [0.2, 0.25) is 10.0 Å². The number of sulfonamides is 1. The van der Waals surface area contributed by atoms with E-state index in [9.17, 15) is 13.5 Å². The molecule has 6 heteroatoms. The zero-order valence-electron chi connectivity index (χ0n) is 11.9. The van der Waals surface area contributed by atoms with Crippen LogP contribution in [0.5, 0.6) is 0 Å². The molecule has 1 unspecified atom stereocenters. The third-order valence-electron chi connectivity index (χ3n) is 3.97. The molecule has 0 aliphatic carbocycles. The zero-order valence-corrected chi connectivity index (χ0v) is 13.5. The Balaban J connectivity index is 2.14. The summed E-state index contributed by atoms with van der Waals surface area (Å²) in [6, 6.07) is 1.61. The summed E-state index contributed by atoms with van der Waals surface area (Å²) >= 11 is 1.30. The Bertz CT molecular complexity index is 524. The molecule has 2 rings (SSSR count). The molecule has 1 fully saturated rings. The van der Waals surface area contributed by atoms with Crippen LogP contribution in [0.2, 0.25) is 0 Å². The normalized spacial score (nSPS) is 21.8. The first kappa shape index (κ1) is 15.9. The Kier molecular flexibility index (Phi) is 5.60. The van der Waals surface area contributed by atoms with Crippen LogP contribution in [-0.4, -0.2) is 30.9 Å². The molecule has 1 aliphatic rings. The van der Waals surface area contributed by atoms with Crippen LogP contribution in [-0.2, 0) is 16.6 Å². The van der Waals surface area contributed by atoms with Crippen LogP contribution < -0.4 is 0 Å². The molecule has 1 N–H and O–H groups in total. The van der Waals surface area contributed by atoms with Gasteiger partial charge in [-0.1, -0.05) is 19.8 Å². The highest BCUT2D eigenvalue weighted by molar-refractivity contribution is 7.89. The summed E-state index contributed by atoms with van der Waals surface area (Å²) in [6.45, 7) is 3.17. The molecule has 4 nitrogen and oxygen atoms in total. The fourth-order valence-electron chi connectivity index (χ4n) is 2.89. The smallest absolute Gasteiger partial charge is 0.244 e. The molecule has 1 saturated heterocycles. The molecule has 1 atom stereocenters. The molecule has 0 saturated carbocycles. The van der Waals surface area contributed by atoms with Crippen molar-refractivity contribution < 1.29 is 13.5 Å². The van der Waals surface area contributed by atoms with Crippen molar-refractivity contribution in [3.05, 3.63) is 16.3 Å². The van der Waals surface area contributed by atoms with Gasteiger partial charge >= 0.3 is 0 Å². The van der Waals surface area contributed by atoms with Crippen LogP contribution >= 0.6 is 11.3 Å². The Labute approximate surface area is 125 Å². The van der Waals surface area contributed by atoms with Crippen molar-refractivity contribution in [2.75, 3.05) is 13.1 Å². The largest absolute Gasteiger partial charge is 0.391 e. The van der Waals surface area contributed by atoms with E-state index >= 15 is 0 Å². The predicted octanol–water partition coefficient (Wildman–Crippen LogP) is 2.83. The Morgan fingerprint density at radius 3 is 2.90 bits per heavy atom. The molecule has 114 valence electrons. The summed E-state index contributed by atoms with van der Waals surface area (Å²) in [6.07, 6.45) is 5.36. The minimum atomic E-state index is -3.44. The summed E-state index contributed by atoms with van der Waals surface area (Å²) in [5.74, 6) is 0.653. The fourth-order valence-corrected chi connectivity index (χ4v) is 5.65.